The zero-order chi connectivity index (χ0) is 27.2. The molecule has 0 bridgehead atoms. The summed E-state index contributed by atoms with van der Waals surface area (Å²) in [5.41, 5.74) is 9.72. The summed E-state index contributed by atoms with van der Waals surface area (Å²) in [6, 6.07) is 22.9. The SMILES string of the molecule is C=CC[C@@H](OCc1ccc(OC)cc1)[C@H](OCc1ccc(OC)cc1)[C@H](N)COCc1ccc(OC)cc1. The minimum atomic E-state index is -0.427. The topological polar surface area (TPSA) is 81.4 Å². The summed E-state index contributed by atoms with van der Waals surface area (Å²) in [5.74, 6) is 2.40. The van der Waals surface area contributed by atoms with Crippen LogP contribution in [-0.2, 0) is 34.0 Å². The van der Waals surface area contributed by atoms with E-state index in [0.717, 1.165) is 33.9 Å². The lowest BCUT2D eigenvalue weighted by Crippen LogP contribution is -2.48. The molecule has 3 rings (SSSR count). The van der Waals surface area contributed by atoms with Crippen molar-refractivity contribution >= 4 is 0 Å². The molecular weight excluding hydrogens is 482 g/mol. The van der Waals surface area contributed by atoms with E-state index in [9.17, 15) is 0 Å². The highest BCUT2D eigenvalue weighted by Gasteiger charge is 2.29. The molecule has 204 valence electrons. The van der Waals surface area contributed by atoms with Gasteiger partial charge in [0.25, 0.3) is 0 Å². The molecule has 0 amide bonds. The smallest absolute Gasteiger partial charge is 0.118 e. The molecule has 0 spiro atoms. The van der Waals surface area contributed by atoms with E-state index in [0.29, 0.717) is 32.8 Å². The molecule has 0 aromatic heterocycles. The Balaban J connectivity index is 1.67. The quantitative estimate of drug-likeness (QED) is 0.241. The summed E-state index contributed by atoms with van der Waals surface area (Å²) in [5, 5.41) is 0. The van der Waals surface area contributed by atoms with Crippen molar-refractivity contribution in [2.45, 2.75) is 44.5 Å². The Labute approximate surface area is 226 Å². The second kappa shape index (κ2) is 15.8. The fourth-order valence-electron chi connectivity index (χ4n) is 3.94. The van der Waals surface area contributed by atoms with Crippen molar-refractivity contribution in [3.63, 3.8) is 0 Å². The normalized spacial score (nSPS) is 13.4. The minimum absolute atomic E-state index is 0.304. The molecule has 0 aliphatic heterocycles. The highest BCUT2D eigenvalue weighted by Crippen LogP contribution is 2.20. The standard InChI is InChI=1S/C31H39NO6/c1-5-6-30(37-20-24-9-15-27(34-3)16-10-24)31(38-21-25-11-17-28(35-4)18-12-25)29(32)22-36-19-23-7-13-26(33-2)14-8-23/h5,7-18,29-31H,1,6,19-22,32H2,2-4H3/t29-,30-,31-/m1/s1. The van der Waals surface area contributed by atoms with Crippen molar-refractivity contribution in [3.8, 4) is 17.2 Å². The maximum absolute atomic E-state index is 6.65. The molecule has 0 radical (unpaired) electrons. The predicted octanol–water partition coefficient (Wildman–Crippen LogP) is 5.30. The van der Waals surface area contributed by atoms with Crippen LogP contribution < -0.4 is 19.9 Å². The molecule has 0 unspecified atom stereocenters. The molecule has 0 saturated heterocycles. The number of ether oxygens (including phenoxy) is 6. The average molecular weight is 522 g/mol. The molecule has 7 nitrogen and oxygen atoms in total. The molecule has 0 saturated carbocycles. The fraction of sp³-hybridized carbons (Fsp3) is 0.355. The van der Waals surface area contributed by atoms with Gasteiger partial charge in [-0.05, 0) is 59.5 Å². The Morgan fingerprint density at radius 2 is 1.08 bits per heavy atom. The lowest BCUT2D eigenvalue weighted by molar-refractivity contribution is -0.103. The number of methoxy groups -OCH3 is 3. The maximum atomic E-state index is 6.65. The first-order valence-electron chi connectivity index (χ1n) is 12.6. The van der Waals surface area contributed by atoms with Gasteiger partial charge in [-0.15, -0.1) is 6.58 Å². The molecule has 7 heteroatoms. The molecule has 3 aromatic rings. The molecular formula is C31H39NO6. The first-order valence-corrected chi connectivity index (χ1v) is 12.6. The van der Waals surface area contributed by atoms with Crippen LogP contribution >= 0.6 is 0 Å². The third-order valence-electron chi connectivity index (χ3n) is 6.15. The molecule has 38 heavy (non-hydrogen) atoms. The monoisotopic (exact) mass is 521 g/mol. The van der Waals surface area contributed by atoms with Gasteiger partial charge in [0.05, 0.1) is 59.9 Å². The van der Waals surface area contributed by atoms with Crippen LogP contribution in [0.2, 0.25) is 0 Å². The zero-order valence-electron chi connectivity index (χ0n) is 22.5. The third kappa shape index (κ3) is 9.19. The molecule has 3 atom stereocenters. The summed E-state index contributed by atoms with van der Waals surface area (Å²) >= 11 is 0. The van der Waals surface area contributed by atoms with Gasteiger partial charge in [0.15, 0.2) is 0 Å². The van der Waals surface area contributed by atoms with Crippen molar-refractivity contribution in [3.05, 3.63) is 102 Å². The van der Waals surface area contributed by atoms with Crippen LogP contribution in [0.15, 0.2) is 85.5 Å². The van der Waals surface area contributed by atoms with Crippen LogP contribution in [-0.4, -0.2) is 46.2 Å². The summed E-state index contributed by atoms with van der Waals surface area (Å²) in [6.45, 7) is 5.44. The first kappa shape index (κ1) is 29.2. The number of hydrogen-bond acceptors (Lipinski definition) is 7. The van der Waals surface area contributed by atoms with Crippen molar-refractivity contribution in [1.29, 1.82) is 0 Å². The van der Waals surface area contributed by atoms with Crippen LogP contribution in [0.3, 0.4) is 0 Å². The van der Waals surface area contributed by atoms with Crippen LogP contribution in [0, 0.1) is 0 Å². The Hall–Kier alpha value is -3.36. The molecule has 2 N–H and O–H groups in total. The Kier molecular flexibility index (Phi) is 12.1. The van der Waals surface area contributed by atoms with Crippen LogP contribution in [0.5, 0.6) is 17.2 Å². The van der Waals surface area contributed by atoms with Crippen LogP contribution in [0.25, 0.3) is 0 Å². The lowest BCUT2D eigenvalue weighted by Gasteiger charge is -2.31. The van der Waals surface area contributed by atoms with Crippen molar-refractivity contribution < 1.29 is 28.4 Å². The van der Waals surface area contributed by atoms with E-state index in [1.54, 1.807) is 21.3 Å². The van der Waals surface area contributed by atoms with E-state index in [1.165, 1.54) is 0 Å². The molecule has 0 fully saturated rings. The van der Waals surface area contributed by atoms with E-state index < -0.39 is 12.1 Å². The lowest BCUT2D eigenvalue weighted by atomic mass is 10.0. The van der Waals surface area contributed by atoms with Gasteiger partial charge in [0.2, 0.25) is 0 Å². The Morgan fingerprint density at radius 1 is 0.658 bits per heavy atom. The summed E-state index contributed by atoms with van der Waals surface area (Å²) in [6.07, 6.45) is 1.67. The van der Waals surface area contributed by atoms with Crippen molar-refractivity contribution in [2.75, 3.05) is 27.9 Å². The van der Waals surface area contributed by atoms with Gasteiger partial charge < -0.3 is 34.2 Å². The highest BCUT2D eigenvalue weighted by atomic mass is 16.5. The zero-order valence-corrected chi connectivity index (χ0v) is 22.5. The maximum Gasteiger partial charge on any atom is 0.118 e. The number of hydrogen-bond donors (Lipinski definition) is 1. The van der Waals surface area contributed by atoms with Gasteiger partial charge in [-0.2, -0.15) is 0 Å². The van der Waals surface area contributed by atoms with Gasteiger partial charge in [-0.3, -0.25) is 0 Å². The molecule has 0 aliphatic carbocycles. The van der Waals surface area contributed by atoms with Gasteiger partial charge in [0, 0.05) is 0 Å². The van der Waals surface area contributed by atoms with Gasteiger partial charge in [0.1, 0.15) is 23.4 Å². The molecule has 3 aromatic carbocycles. The second-order valence-corrected chi connectivity index (χ2v) is 8.87. The highest BCUT2D eigenvalue weighted by molar-refractivity contribution is 5.28. The van der Waals surface area contributed by atoms with Crippen LogP contribution in [0.1, 0.15) is 23.1 Å². The number of nitrogens with two attached hydrogens (primary N) is 1. The Bertz CT molecular complexity index is 1070. The largest absolute Gasteiger partial charge is 0.497 e. The van der Waals surface area contributed by atoms with Crippen molar-refractivity contribution in [2.24, 2.45) is 5.73 Å². The number of rotatable bonds is 17. The Morgan fingerprint density at radius 3 is 1.50 bits per heavy atom. The van der Waals surface area contributed by atoms with E-state index >= 15 is 0 Å². The summed E-state index contributed by atoms with van der Waals surface area (Å²) in [7, 11) is 4.94. The second-order valence-electron chi connectivity index (χ2n) is 8.87. The minimum Gasteiger partial charge on any atom is -0.497 e. The number of benzene rings is 3. The van der Waals surface area contributed by atoms with Gasteiger partial charge >= 0.3 is 0 Å². The van der Waals surface area contributed by atoms with Crippen molar-refractivity contribution in [1.82, 2.24) is 0 Å². The first-order chi connectivity index (χ1) is 18.6. The van der Waals surface area contributed by atoms with E-state index in [1.807, 2.05) is 78.9 Å². The summed E-state index contributed by atoms with van der Waals surface area (Å²) in [4.78, 5) is 0. The fourth-order valence-corrected chi connectivity index (χ4v) is 3.94. The van der Waals surface area contributed by atoms with Crippen LogP contribution in [0.4, 0.5) is 0 Å². The van der Waals surface area contributed by atoms with E-state index in [-0.39, 0.29) is 6.10 Å². The summed E-state index contributed by atoms with van der Waals surface area (Å²) < 4.78 is 34.4. The average Bonchev–Trinajstić information content (AvgIpc) is 2.96. The van der Waals surface area contributed by atoms with E-state index in [2.05, 4.69) is 6.58 Å². The van der Waals surface area contributed by atoms with E-state index in [4.69, 9.17) is 34.2 Å². The predicted molar refractivity (Wildman–Crippen MR) is 149 cm³/mol. The van der Waals surface area contributed by atoms with Gasteiger partial charge in [-0.1, -0.05) is 42.5 Å². The molecule has 0 aliphatic rings. The molecule has 0 heterocycles. The van der Waals surface area contributed by atoms with Gasteiger partial charge in [-0.25, -0.2) is 0 Å². The third-order valence-corrected chi connectivity index (χ3v) is 6.15.